The maximum Gasteiger partial charge on any atom is 0.472 e. The quantitative estimate of drug-likeness (QED) is 0.0156. The Labute approximate surface area is 420 Å². The SMILES string of the molecule is CCCCCC/C=C\CCCCCCCCCC(=O)OC(/C=C/CCCCCCCCCCC)C(COP(=O)(O)OCC[N+](C)(C)C)NC(=O)CCCCC/C=C/C=C/CCCCCCCCC. The van der Waals surface area contributed by atoms with E-state index in [4.69, 9.17) is 13.8 Å². The number of unbranched alkanes of at least 4 members (excludes halogenated alkanes) is 30. The van der Waals surface area contributed by atoms with Crippen molar-refractivity contribution in [1.29, 1.82) is 0 Å². The lowest BCUT2D eigenvalue weighted by Crippen LogP contribution is -2.47. The number of nitrogens with zero attached hydrogens (tertiary/aromatic N) is 1. The third-order valence-electron chi connectivity index (χ3n) is 12.5. The van der Waals surface area contributed by atoms with Crippen LogP contribution in [0.3, 0.4) is 0 Å². The minimum Gasteiger partial charge on any atom is -0.456 e. The highest BCUT2D eigenvalue weighted by Crippen LogP contribution is 2.43. The maximum atomic E-state index is 13.5. The summed E-state index contributed by atoms with van der Waals surface area (Å²) in [6.07, 6.45) is 58.2. The van der Waals surface area contributed by atoms with E-state index in [-0.39, 0.29) is 31.5 Å². The zero-order chi connectivity index (χ0) is 50.1. The van der Waals surface area contributed by atoms with Crippen LogP contribution in [0.15, 0.2) is 48.6 Å². The molecule has 0 spiro atoms. The zero-order valence-electron chi connectivity index (χ0n) is 45.3. The van der Waals surface area contributed by atoms with Crippen molar-refractivity contribution in [3.8, 4) is 0 Å². The molecular weight excluding hydrogens is 868 g/mol. The normalized spacial score (nSPS) is 14.2. The van der Waals surface area contributed by atoms with Crippen LogP contribution in [0.25, 0.3) is 0 Å². The van der Waals surface area contributed by atoms with E-state index in [9.17, 15) is 19.0 Å². The molecule has 1 amide bonds. The number of phosphoric acid groups is 1. The summed E-state index contributed by atoms with van der Waals surface area (Å²) >= 11 is 0. The van der Waals surface area contributed by atoms with E-state index in [1.807, 2.05) is 33.3 Å². The van der Waals surface area contributed by atoms with E-state index in [0.29, 0.717) is 23.9 Å². The number of carbonyl (C=O) groups is 2. The number of nitrogens with one attached hydrogen (secondary N) is 1. The fraction of sp³-hybridized carbons (Fsp3) is 0.828. The number of esters is 1. The lowest BCUT2D eigenvalue weighted by atomic mass is 10.1. The van der Waals surface area contributed by atoms with Crippen molar-refractivity contribution in [2.45, 2.75) is 270 Å². The highest BCUT2D eigenvalue weighted by Gasteiger charge is 2.30. The van der Waals surface area contributed by atoms with Gasteiger partial charge in [0.25, 0.3) is 0 Å². The minimum absolute atomic E-state index is 0.0344. The van der Waals surface area contributed by atoms with E-state index in [2.05, 4.69) is 62.5 Å². The Morgan fingerprint density at radius 1 is 0.515 bits per heavy atom. The molecule has 0 aliphatic carbocycles. The number of quaternary nitrogens is 1. The van der Waals surface area contributed by atoms with Gasteiger partial charge in [0.2, 0.25) is 5.91 Å². The van der Waals surface area contributed by atoms with Gasteiger partial charge in [-0.2, -0.15) is 0 Å². The Kier molecular flexibility index (Phi) is 47.1. The first-order chi connectivity index (χ1) is 32.9. The summed E-state index contributed by atoms with van der Waals surface area (Å²) in [6, 6.07) is -0.861. The molecule has 9 nitrogen and oxygen atoms in total. The lowest BCUT2D eigenvalue weighted by molar-refractivity contribution is -0.870. The average molecular weight is 978 g/mol. The Hall–Kier alpha value is -2.03. The molecule has 2 N–H and O–H groups in total. The number of hydrogen-bond donors (Lipinski definition) is 2. The van der Waals surface area contributed by atoms with Crippen LogP contribution in [0, 0.1) is 0 Å². The van der Waals surface area contributed by atoms with Crippen molar-refractivity contribution in [2.75, 3.05) is 40.9 Å². The Bertz CT molecular complexity index is 1310. The summed E-state index contributed by atoms with van der Waals surface area (Å²) in [6.45, 7) is 6.97. The van der Waals surface area contributed by atoms with Crippen LogP contribution in [0.5, 0.6) is 0 Å². The topological polar surface area (TPSA) is 111 Å². The molecule has 0 bridgehead atoms. The number of ether oxygens (including phenoxy) is 1. The first-order valence-electron chi connectivity index (χ1n) is 28.5. The van der Waals surface area contributed by atoms with Crippen molar-refractivity contribution in [3.05, 3.63) is 48.6 Å². The van der Waals surface area contributed by atoms with Crippen molar-refractivity contribution in [1.82, 2.24) is 5.32 Å². The minimum atomic E-state index is -4.45. The molecule has 0 fully saturated rings. The summed E-state index contributed by atoms with van der Waals surface area (Å²) < 4.78 is 30.6. The molecule has 0 aliphatic heterocycles. The second-order valence-electron chi connectivity index (χ2n) is 20.5. The number of hydrogen-bond acceptors (Lipinski definition) is 6. The van der Waals surface area contributed by atoms with Crippen molar-refractivity contribution < 1.29 is 37.3 Å². The van der Waals surface area contributed by atoms with E-state index in [1.54, 1.807) is 0 Å². The summed E-state index contributed by atoms with van der Waals surface area (Å²) in [5, 5.41) is 3.03. The van der Waals surface area contributed by atoms with Crippen LogP contribution < -0.4 is 5.32 Å². The standard InChI is InChI=1S/C58H109N2O7P/c1-7-10-13-16-19-22-25-27-29-31-32-35-38-41-44-47-50-57(61)59-55(54-66-68(63,64)65-53-52-60(4,5)6)56(49-46-43-40-37-34-24-21-18-15-12-9-3)67-58(62)51-48-45-42-39-36-33-30-28-26-23-20-17-14-11-8-2/h23,26,29,31-32,35,46,49,55-56H,7-22,24-25,27-28,30,33-34,36-45,47-48,50-54H2,1-6H3,(H-,59,61,63,64)/p+1/b26-23-,31-29+,35-32+,49-46+. The van der Waals surface area contributed by atoms with Gasteiger partial charge >= 0.3 is 13.8 Å². The summed E-state index contributed by atoms with van der Waals surface area (Å²) in [7, 11) is 1.48. The summed E-state index contributed by atoms with van der Waals surface area (Å²) in [5.74, 6) is -0.538. The molecule has 0 rings (SSSR count). The average Bonchev–Trinajstić information content (AvgIpc) is 3.29. The summed E-state index contributed by atoms with van der Waals surface area (Å²) in [4.78, 5) is 37.5. The molecule has 3 unspecified atom stereocenters. The van der Waals surface area contributed by atoms with Gasteiger partial charge in [-0.15, -0.1) is 0 Å². The predicted octanol–water partition coefficient (Wildman–Crippen LogP) is 16.9. The lowest BCUT2D eigenvalue weighted by Gasteiger charge is -2.27. The first kappa shape index (κ1) is 66.0. The molecule has 0 heterocycles. The Morgan fingerprint density at radius 2 is 0.897 bits per heavy atom. The number of allylic oxidation sites excluding steroid dienone is 7. The van der Waals surface area contributed by atoms with Gasteiger partial charge in [-0.25, -0.2) is 4.57 Å². The molecule has 0 saturated heterocycles. The molecule has 3 atom stereocenters. The molecule has 398 valence electrons. The van der Waals surface area contributed by atoms with Gasteiger partial charge in [0, 0.05) is 12.8 Å². The van der Waals surface area contributed by atoms with Crippen LogP contribution >= 0.6 is 7.82 Å². The highest BCUT2D eigenvalue weighted by molar-refractivity contribution is 7.47. The fourth-order valence-electron chi connectivity index (χ4n) is 8.04. The molecule has 0 aromatic rings. The Balaban J connectivity index is 5.38. The van der Waals surface area contributed by atoms with Crippen LogP contribution in [0.1, 0.15) is 258 Å². The number of likely N-dealkylation sites (N-methyl/N-ethyl adjacent to an activating group) is 1. The molecule has 0 aromatic heterocycles. The van der Waals surface area contributed by atoms with E-state index >= 15 is 0 Å². The van der Waals surface area contributed by atoms with Gasteiger partial charge in [0.15, 0.2) is 0 Å². The maximum absolute atomic E-state index is 13.5. The molecule has 0 aromatic carbocycles. The second kappa shape index (κ2) is 48.6. The van der Waals surface area contributed by atoms with Gasteiger partial charge in [-0.05, 0) is 83.1 Å². The molecule has 0 aliphatic rings. The smallest absolute Gasteiger partial charge is 0.456 e. The third kappa shape index (κ3) is 49.0. The summed E-state index contributed by atoms with van der Waals surface area (Å²) in [5.41, 5.74) is 0. The molecule has 68 heavy (non-hydrogen) atoms. The van der Waals surface area contributed by atoms with Crippen molar-refractivity contribution >= 4 is 19.7 Å². The second-order valence-corrected chi connectivity index (χ2v) is 21.9. The van der Waals surface area contributed by atoms with Crippen LogP contribution in [-0.2, 0) is 27.9 Å². The molecule has 0 radical (unpaired) electrons. The van der Waals surface area contributed by atoms with Crippen molar-refractivity contribution in [3.63, 3.8) is 0 Å². The van der Waals surface area contributed by atoms with Gasteiger partial charge < -0.3 is 19.4 Å². The zero-order valence-corrected chi connectivity index (χ0v) is 46.2. The Morgan fingerprint density at radius 3 is 1.37 bits per heavy atom. The van der Waals surface area contributed by atoms with Crippen molar-refractivity contribution in [2.24, 2.45) is 0 Å². The van der Waals surface area contributed by atoms with Gasteiger partial charge in [-0.3, -0.25) is 18.6 Å². The monoisotopic (exact) mass is 978 g/mol. The van der Waals surface area contributed by atoms with E-state index in [0.717, 1.165) is 77.0 Å². The predicted molar refractivity (Wildman–Crippen MR) is 291 cm³/mol. The van der Waals surface area contributed by atoms with Crippen LogP contribution in [0.2, 0.25) is 0 Å². The number of carbonyl (C=O) groups excluding carboxylic acids is 2. The highest BCUT2D eigenvalue weighted by atomic mass is 31.2. The van der Waals surface area contributed by atoms with E-state index < -0.39 is 20.0 Å². The molecule has 10 heteroatoms. The number of amides is 1. The molecule has 0 saturated carbocycles. The largest absolute Gasteiger partial charge is 0.472 e. The van der Waals surface area contributed by atoms with Crippen LogP contribution in [-0.4, -0.2) is 74.3 Å². The first-order valence-corrected chi connectivity index (χ1v) is 30.0. The van der Waals surface area contributed by atoms with Gasteiger partial charge in [0.1, 0.15) is 19.3 Å². The van der Waals surface area contributed by atoms with Crippen LogP contribution in [0.4, 0.5) is 0 Å². The van der Waals surface area contributed by atoms with Gasteiger partial charge in [-0.1, -0.05) is 211 Å². The van der Waals surface area contributed by atoms with Gasteiger partial charge in [0.05, 0.1) is 33.8 Å². The third-order valence-corrected chi connectivity index (χ3v) is 13.5. The fourth-order valence-corrected chi connectivity index (χ4v) is 8.78. The number of phosphoric ester groups is 1. The number of rotatable bonds is 51. The van der Waals surface area contributed by atoms with E-state index in [1.165, 1.54) is 141 Å². The molecular formula is C58H110N2O7P+.